The van der Waals surface area contributed by atoms with Crippen LogP contribution in [0, 0.1) is 0 Å². The van der Waals surface area contributed by atoms with Crippen molar-refractivity contribution in [3.8, 4) is 0 Å². The molecule has 1 saturated heterocycles. The summed E-state index contributed by atoms with van der Waals surface area (Å²) in [7, 11) is 1.71. The minimum Gasteiger partial charge on any atom is -0.480 e. The number of aliphatic carboxylic acids is 1. The van der Waals surface area contributed by atoms with Crippen LogP contribution in [0.2, 0.25) is 0 Å². The van der Waals surface area contributed by atoms with E-state index in [0.29, 0.717) is 51.6 Å². The Morgan fingerprint density at radius 3 is 1.70 bits per heavy atom. The number of unbranched alkanes of at least 4 members (excludes halogenated alkanes) is 2. The zero-order valence-electron chi connectivity index (χ0n) is 45.8. The van der Waals surface area contributed by atoms with Gasteiger partial charge in [0.1, 0.15) is 60.9 Å². The number of likely N-dealkylation sites (tertiary alicyclic amines) is 1. The Labute approximate surface area is 458 Å². The van der Waals surface area contributed by atoms with Gasteiger partial charge in [0.05, 0.1) is 25.3 Å². The average molecular weight is 1130 g/mol. The van der Waals surface area contributed by atoms with Crippen LogP contribution in [0.5, 0.6) is 0 Å². The van der Waals surface area contributed by atoms with Crippen molar-refractivity contribution in [2.24, 2.45) is 27.9 Å². The number of hydrogen-bond donors (Lipinski definition) is 18. The molecule has 1 fully saturated rings. The fourth-order valence-corrected chi connectivity index (χ4v) is 7.66. The zero-order valence-corrected chi connectivity index (χ0v) is 45.8. The number of carbonyl (C=O) groups excluding carboxylic acids is 11. The highest BCUT2D eigenvalue weighted by Crippen LogP contribution is 2.19. The van der Waals surface area contributed by atoms with E-state index >= 15 is 0 Å². The van der Waals surface area contributed by atoms with E-state index in [4.69, 9.17) is 28.0 Å². The molecule has 22 N–H and O–H groups in total. The Morgan fingerprint density at radius 1 is 0.608 bits per heavy atom. The first-order valence-electron chi connectivity index (χ1n) is 26.1. The number of nitrogens with zero attached hydrogens (tertiary/aromatic N) is 2. The fourth-order valence-electron chi connectivity index (χ4n) is 7.66. The number of aliphatic hydroxyl groups excluding tert-OH is 2. The molecule has 1 aliphatic heterocycles. The molecule has 32 nitrogen and oxygen atoms in total. The van der Waals surface area contributed by atoms with Crippen molar-refractivity contribution in [3.05, 3.63) is 0 Å². The molecule has 32 heteroatoms. The molecule has 1 aliphatic rings. The summed E-state index contributed by atoms with van der Waals surface area (Å²) < 4.78 is 0. The first-order chi connectivity index (χ1) is 37.2. The van der Waals surface area contributed by atoms with Crippen molar-refractivity contribution in [2.45, 2.75) is 165 Å². The zero-order chi connectivity index (χ0) is 59.9. The molecule has 0 aliphatic carbocycles. The number of nitrogens with one attached hydrogen (secondary N) is 11. The van der Waals surface area contributed by atoms with Crippen molar-refractivity contribution in [1.82, 2.24) is 63.4 Å². The summed E-state index contributed by atoms with van der Waals surface area (Å²) >= 11 is 0. The van der Waals surface area contributed by atoms with Gasteiger partial charge >= 0.3 is 5.97 Å². The summed E-state index contributed by atoms with van der Waals surface area (Å²) in [5.74, 6) is -10.7. The topological polar surface area (TPSA) is 518 Å². The molecule has 0 saturated carbocycles. The van der Waals surface area contributed by atoms with E-state index in [-0.39, 0.29) is 44.7 Å². The Balaban J connectivity index is 3.12. The molecular weight excluding hydrogens is 1040 g/mol. The maximum absolute atomic E-state index is 14.0. The maximum Gasteiger partial charge on any atom is 0.322 e. The molecule has 0 radical (unpaired) electrons. The highest BCUT2D eigenvalue weighted by molar-refractivity contribution is 5.99. The van der Waals surface area contributed by atoms with E-state index in [9.17, 15) is 67.7 Å². The number of aliphatic imine (C=N–C) groups is 1. The minimum absolute atomic E-state index is 0.0160. The van der Waals surface area contributed by atoms with E-state index in [0.717, 1.165) is 0 Å². The van der Waals surface area contributed by atoms with Gasteiger partial charge in [0, 0.05) is 13.1 Å². The molecule has 11 amide bonds. The van der Waals surface area contributed by atoms with E-state index in [1.54, 1.807) is 7.05 Å². The quantitative estimate of drug-likeness (QED) is 0.0156. The molecular formula is C47H85N17O15. The van der Waals surface area contributed by atoms with Crippen LogP contribution < -0.4 is 81.4 Å². The molecule has 0 aromatic heterocycles. The van der Waals surface area contributed by atoms with E-state index in [1.165, 1.54) is 39.5 Å². The summed E-state index contributed by atoms with van der Waals surface area (Å²) in [5.41, 5.74) is 22.3. The van der Waals surface area contributed by atoms with Crippen LogP contribution in [-0.2, 0) is 57.5 Å². The lowest BCUT2D eigenvalue weighted by Gasteiger charge is -2.29. The highest BCUT2D eigenvalue weighted by Gasteiger charge is 2.39. The number of hydrogen-bond acceptors (Lipinski definition) is 18. The molecule has 0 aromatic rings. The summed E-state index contributed by atoms with van der Waals surface area (Å²) in [5, 5.41) is 56.1. The van der Waals surface area contributed by atoms with Crippen molar-refractivity contribution in [3.63, 3.8) is 0 Å². The second kappa shape index (κ2) is 36.7. The van der Waals surface area contributed by atoms with Gasteiger partial charge < -0.3 is 102 Å². The number of carboxylic acids is 1. The molecule has 0 aromatic carbocycles. The Morgan fingerprint density at radius 2 is 1.13 bits per heavy atom. The predicted octanol–water partition coefficient (Wildman–Crippen LogP) is -8.47. The minimum atomic E-state index is -1.67. The van der Waals surface area contributed by atoms with Gasteiger partial charge in [0.25, 0.3) is 0 Å². The van der Waals surface area contributed by atoms with Gasteiger partial charge in [-0.3, -0.25) is 62.5 Å². The smallest absolute Gasteiger partial charge is 0.322 e. The number of rotatable bonds is 37. The third-order valence-corrected chi connectivity index (χ3v) is 12.2. The molecule has 1 heterocycles. The Kier molecular flexibility index (Phi) is 32.4. The molecule has 0 unspecified atom stereocenters. The van der Waals surface area contributed by atoms with Crippen molar-refractivity contribution < 1.29 is 72.9 Å². The average Bonchev–Trinajstić information content (AvgIpc) is 3.90. The molecule has 1 rings (SSSR count). The molecule has 0 spiro atoms. The molecule has 0 bridgehead atoms. The van der Waals surface area contributed by atoms with Gasteiger partial charge in [-0.05, 0) is 113 Å². The summed E-state index contributed by atoms with van der Waals surface area (Å²) in [6.45, 7) is 5.22. The van der Waals surface area contributed by atoms with Crippen molar-refractivity contribution in [2.75, 3.05) is 52.9 Å². The van der Waals surface area contributed by atoms with Crippen LogP contribution >= 0.6 is 0 Å². The standard InChI is InChI=1S/C47H85N17O15/c1-24(57-40(73)29(49)13-7-9-17-48)37(70)56-25(2)38(71)60-31(15-11-19-53-47(50)51)41(74)61-30(14-8-10-18-52-6)42(75)62-32(23-65)43(76)59-27(4)46(79)64-20-12-16-33(64)44(77)58-26(3)39(72)63-36(28(5)66)45(78)55-21-34(67)54-22-35(68)69/h24-33,36,52,65-66H,7-23,48-49H2,1-6H3,(H,54,67)(H,55,78)(H,56,70)(H,57,73)(H,58,77)(H,59,76)(H,60,71)(H,61,74)(H,62,75)(H,63,72)(H,68,69)(H4,50,51,53)/t24-,25-,26-,27-,28+,29-,30-,31-,32-,33-,36-/m0/s1. The van der Waals surface area contributed by atoms with Crippen LogP contribution in [-0.4, -0.2) is 217 Å². The summed E-state index contributed by atoms with van der Waals surface area (Å²) in [6, 6.07) is -13.0. The Hall–Kier alpha value is -7.29. The van der Waals surface area contributed by atoms with Crippen LogP contribution in [0.15, 0.2) is 4.99 Å². The highest BCUT2D eigenvalue weighted by atomic mass is 16.4. The first kappa shape index (κ1) is 69.7. The number of nitrogens with two attached hydrogens (primary N) is 4. The number of carbonyl (C=O) groups is 12. The second-order valence-electron chi connectivity index (χ2n) is 19.0. The number of carboxylic acid groups (broad SMARTS) is 1. The third kappa shape index (κ3) is 26.3. The fraction of sp³-hybridized carbons (Fsp3) is 0.723. The SMILES string of the molecule is CNCCCC[C@H](NC(=O)[C@H](CCCN=C(N)N)NC(=O)[C@H](C)NC(=O)[C@H](C)NC(=O)[C@@H](N)CCCCN)C(=O)N[C@@H](CO)C(=O)N[C@@H](C)C(=O)N1CCC[C@H]1C(=O)N[C@@H](C)C(=O)N[C@H](C(=O)NCC(=O)NCC(=O)O)[C@@H](C)O. The number of guanidine groups is 1. The summed E-state index contributed by atoms with van der Waals surface area (Å²) in [6.07, 6.45) is 1.64. The predicted molar refractivity (Wildman–Crippen MR) is 284 cm³/mol. The lowest BCUT2D eigenvalue weighted by molar-refractivity contribution is -0.142. The first-order valence-corrected chi connectivity index (χ1v) is 26.1. The number of aliphatic hydroxyl groups is 2. The van der Waals surface area contributed by atoms with Gasteiger partial charge in [0.2, 0.25) is 65.0 Å². The monoisotopic (exact) mass is 1130 g/mol. The van der Waals surface area contributed by atoms with Gasteiger partial charge in [-0.25, -0.2) is 0 Å². The lowest BCUT2D eigenvalue weighted by atomic mass is 10.1. The van der Waals surface area contributed by atoms with Gasteiger partial charge in [-0.2, -0.15) is 0 Å². The van der Waals surface area contributed by atoms with Crippen molar-refractivity contribution in [1.29, 1.82) is 0 Å². The molecule has 79 heavy (non-hydrogen) atoms. The largest absolute Gasteiger partial charge is 0.480 e. The van der Waals surface area contributed by atoms with Gasteiger partial charge in [-0.15, -0.1) is 0 Å². The molecule has 11 atom stereocenters. The van der Waals surface area contributed by atoms with Crippen LogP contribution in [0.4, 0.5) is 0 Å². The van der Waals surface area contributed by atoms with Crippen LogP contribution in [0.1, 0.15) is 98.8 Å². The van der Waals surface area contributed by atoms with Gasteiger partial charge in [0.15, 0.2) is 5.96 Å². The van der Waals surface area contributed by atoms with Crippen LogP contribution in [0.3, 0.4) is 0 Å². The maximum atomic E-state index is 14.0. The van der Waals surface area contributed by atoms with E-state index in [1.807, 2.05) is 5.32 Å². The normalized spacial score (nSPS) is 16.7. The second-order valence-corrected chi connectivity index (χ2v) is 19.0. The van der Waals surface area contributed by atoms with E-state index in [2.05, 4.69) is 58.2 Å². The third-order valence-electron chi connectivity index (χ3n) is 12.2. The van der Waals surface area contributed by atoms with Crippen LogP contribution in [0.25, 0.3) is 0 Å². The van der Waals surface area contributed by atoms with Gasteiger partial charge in [-0.1, -0.05) is 6.42 Å². The van der Waals surface area contributed by atoms with E-state index < -0.39 is 157 Å². The number of amides is 11. The van der Waals surface area contributed by atoms with Crippen molar-refractivity contribution >= 4 is 76.9 Å². The molecule has 448 valence electrons. The lowest BCUT2D eigenvalue weighted by Crippen LogP contribution is -2.60. The summed E-state index contributed by atoms with van der Waals surface area (Å²) in [4.78, 5) is 161. The Bertz CT molecular complexity index is 2110.